The van der Waals surface area contributed by atoms with Gasteiger partial charge < -0.3 is 9.47 Å². The van der Waals surface area contributed by atoms with E-state index in [1.165, 1.54) is 4.57 Å². The second-order valence-corrected chi connectivity index (χ2v) is 6.64. The minimum atomic E-state index is -0.467. The average Bonchev–Trinajstić information content (AvgIpc) is 2.91. The monoisotopic (exact) mass is 345 g/mol. The number of aryl methyl sites for hydroxylation is 1. The first kappa shape index (κ1) is 15.0. The van der Waals surface area contributed by atoms with E-state index in [0.29, 0.717) is 34.6 Å². The lowest BCUT2D eigenvalue weighted by Gasteiger charge is -2.33. The van der Waals surface area contributed by atoms with Crippen LogP contribution in [0.4, 0.5) is 11.6 Å². The molecule has 0 amide bonds. The highest BCUT2D eigenvalue weighted by atomic mass is 35.5. The number of H-pyrrole nitrogens is 1. The van der Waals surface area contributed by atoms with Gasteiger partial charge in [0.2, 0.25) is 5.95 Å². The zero-order valence-electron chi connectivity index (χ0n) is 13.3. The van der Waals surface area contributed by atoms with Crippen molar-refractivity contribution in [1.29, 1.82) is 0 Å². The van der Waals surface area contributed by atoms with Crippen molar-refractivity contribution in [3.63, 3.8) is 0 Å². The van der Waals surface area contributed by atoms with Crippen LogP contribution in [0.5, 0.6) is 0 Å². The largest absolute Gasteiger partial charge is 0.329 e. The van der Waals surface area contributed by atoms with Crippen LogP contribution in [0.25, 0.3) is 11.2 Å². The number of hydrogen-bond acceptors (Lipinski definition) is 4. The first-order valence-electron chi connectivity index (χ1n) is 7.68. The predicted molar refractivity (Wildman–Crippen MR) is 93.2 cm³/mol. The van der Waals surface area contributed by atoms with Crippen molar-refractivity contribution in [3.05, 3.63) is 50.1 Å². The Bertz CT molecular complexity index is 1060. The number of aromatic nitrogens is 4. The molecule has 1 aromatic carbocycles. The molecule has 0 unspecified atom stereocenters. The molecule has 8 heteroatoms. The summed E-state index contributed by atoms with van der Waals surface area (Å²) >= 11 is 6.12. The Balaban J connectivity index is 2.02. The van der Waals surface area contributed by atoms with Gasteiger partial charge in [-0.05, 0) is 24.1 Å². The van der Waals surface area contributed by atoms with Crippen molar-refractivity contribution in [2.75, 3.05) is 11.4 Å². The van der Waals surface area contributed by atoms with Gasteiger partial charge >= 0.3 is 5.69 Å². The van der Waals surface area contributed by atoms with Crippen LogP contribution in [0.1, 0.15) is 6.92 Å². The van der Waals surface area contributed by atoms with Crippen molar-refractivity contribution in [3.8, 4) is 0 Å². The average molecular weight is 346 g/mol. The summed E-state index contributed by atoms with van der Waals surface area (Å²) in [5.74, 6) is 0.961. The van der Waals surface area contributed by atoms with E-state index in [-0.39, 0.29) is 0 Å². The number of imidazole rings is 1. The molecule has 0 aliphatic carbocycles. The Morgan fingerprint density at radius 1 is 1.29 bits per heavy atom. The van der Waals surface area contributed by atoms with Crippen molar-refractivity contribution in [2.45, 2.75) is 13.5 Å². The van der Waals surface area contributed by atoms with E-state index in [2.05, 4.69) is 16.9 Å². The van der Waals surface area contributed by atoms with Gasteiger partial charge in [0.05, 0.1) is 0 Å². The van der Waals surface area contributed by atoms with Crippen LogP contribution in [0.2, 0.25) is 5.02 Å². The number of halogens is 1. The molecule has 3 heterocycles. The maximum atomic E-state index is 12.3. The summed E-state index contributed by atoms with van der Waals surface area (Å²) in [6.07, 6.45) is 0. The maximum Gasteiger partial charge on any atom is 0.329 e. The highest BCUT2D eigenvalue weighted by Crippen LogP contribution is 2.33. The summed E-state index contributed by atoms with van der Waals surface area (Å²) < 4.78 is 3.24. The van der Waals surface area contributed by atoms with Crippen LogP contribution >= 0.6 is 11.6 Å². The normalized spacial score (nSPS) is 17.3. The summed E-state index contributed by atoms with van der Waals surface area (Å²) in [6, 6.07) is 7.52. The third-order valence-corrected chi connectivity index (χ3v) is 4.57. The van der Waals surface area contributed by atoms with Crippen molar-refractivity contribution in [2.24, 2.45) is 13.0 Å². The third kappa shape index (κ3) is 2.16. The fourth-order valence-corrected chi connectivity index (χ4v) is 3.41. The molecule has 0 bridgehead atoms. The minimum absolute atomic E-state index is 0.311. The number of aromatic amines is 1. The van der Waals surface area contributed by atoms with Crippen LogP contribution in [-0.2, 0) is 13.6 Å². The molecule has 0 saturated heterocycles. The Kier molecular flexibility index (Phi) is 3.28. The molecular weight excluding hydrogens is 330 g/mol. The molecule has 3 aromatic rings. The molecule has 1 aliphatic rings. The summed E-state index contributed by atoms with van der Waals surface area (Å²) in [5.41, 5.74) is 0.842. The standard InChI is InChI=1S/C16H16ClN5O2/c1-9-7-21(11-5-3-4-10(17)6-11)15-18-13-12(22(15)8-9)14(23)19-16(24)20(13)2/h3-6,9H,7-8H2,1-2H3,(H,19,23,24)/t9-/m0/s1. The second-order valence-electron chi connectivity index (χ2n) is 6.21. The van der Waals surface area contributed by atoms with E-state index in [1.807, 2.05) is 33.7 Å². The minimum Gasteiger partial charge on any atom is -0.312 e. The molecule has 7 nitrogen and oxygen atoms in total. The second kappa shape index (κ2) is 5.24. The van der Waals surface area contributed by atoms with Gasteiger partial charge in [0.1, 0.15) is 0 Å². The molecule has 2 aromatic heterocycles. The number of benzene rings is 1. The summed E-state index contributed by atoms with van der Waals surface area (Å²) in [7, 11) is 1.60. The highest BCUT2D eigenvalue weighted by Gasteiger charge is 2.28. The lowest BCUT2D eigenvalue weighted by Crippen LogP contribution is -2.35. The summed E-state index contributed by atoms with van der Waals surface area (Å²) in [6.45, 7) is 3.54. The van der Waals surface area contributed by atoms with E-state index in [9.17, 15) is 9.59 Å². The maximum absolute atomic E-state index is 12.3. The van der Waals surface area contributed by atoms with Gasteiger partial charge in [0.25, 0.3) is 5.56 Å². The number of rotatable bonds is 1. The molecule has 0 spiro atoms. The summed E-state index contributed by atoms with van der Waals surface area (Å²) in [4.78, 5) is 33.1. The molecule has 24 heavy (non-hydrogen) atoms. The lowest BCUT2D eigenvalue weighted by atomic mass is 10.1. The first-order chi connectivity index (χ1) is 11.5. The van der Waals surface area contributed by atoms with Crippen LogP contribution < -0.4 is 16.1 Å². The van der Waals surface area contributed by atoms with E-state index in [0.717, 1.165) is 12.2 Å². The third-order valence-electron chi connectivity index (χ3n) is 4.34. The molecule has 1 atom stereocenters. The Morgan fingerprint density at radius 2 is 2.08 bits per heavy atom. The van der Waals surface area contributed by atoms with Gasteiger partial charge in [-0.25, -0.2) is 4.79 Å². The van der Waals surface area contributed by atoms with Gasteiger partial charge in [0.15, 0.2) is 11.2 Å². The van der Waals surface area contributed by atoms with Gasteiger partial charge in [-0.1, -0.05) is 24.6 Å². The SMILES string of the molecule is C[C@H]1CN(c2cccc(Cl)c2)c2nc3c(c(=O)[nH]c(=O)n3C)n2C1. The van der Waals surface area contributed by atoms with Crippen LogP contribution in [0.3, 0.4) is 0 Å². The Labute approximate surface area is 142 Å². The molecule has 1 aliphatic heterocycles. The highest BCUT2D eigenvalue weighted by molar-refractivity contribution is 6.30. The zero-order valence-corrected chi connectivity index (χ0v) is 14.0. The lowest BCUT2D eigenvalue weighted by molar-refractivity contribution is 0.458. The topological polar surface area (TPSA) is 75.9 Å². The fourth-order valence-electron chi connectivity index (χ4n) is 3.23. The number of nitrogens with zero attached hydrogens (tertiary/aromatic N) is 4. The molecule has 124 valence electrons. The number of anilines is 2. The summed E-state index contributed by atoms with van der Waals surface area (Å²) in [5, 5.41) is 0.638. The Hall–Kier alpha value is -2.54. The van der Waals surface area contributed by atoms with E-state index < -0.39 is 11.2 Å². The van der Waals surface area contributed by atoms with Gasteiger partial charge in [-0.15, -0.1) is 0 Å². The van der Waals surface area contributed by atoms with Crippen molar-refractivity contribution >= 4 is 34.4 Å². The molecule has 0 fully saturated rings. The molecule has 1 N–H and O–H groups in total. The van der Waals surface area contributed by atoms with Gasteiger partial charge in [0, 0.05) is 30.8 Å². The van der Waals surface area contributed by atoms with E-state index in [1.54, 1.807) is 7.05 Å². The predicted octanol–water partition coefficient (Wildman–Crippen LogP) is 1.86. The van der Waals surface area contributed by atoms with Crippen molar-refractivity contribution in [1.82, 2.24) is 19.1 Å². The van der Waals surface area contributed by atoms with Crippen molar-refractivity contribution < 1.29 is 0 Å². The van der Waals surface area contributed by atoms with Gasteiger partial charge in [-0.2, -0.15) is 4.98 Å². The van der Waals surface area contributed by atoms with Crippen LogP contribution in [0, 0.1) is 5.92 Å². The quantitative estimate of drug-likeness (QED) is 0.730. The van der Waals surface area contributed by atoms with Crippen LogP contribution in [-0.4, -0.2) is 25.6 Å². The number of fused-ring (bicyclic) bond motifs is 3. The molecule has 4 rings (SSSR count). The van der Waals surface area contributed by atoms with E-state index >= 15 is 0 Å². The Morgan fingerprint density at radius 3 is 2.83 bits per heavy atom. The van der Waals surface area contributed by atoms with Gasteiger partial charge in [-0.3, -0.25) is 14.3 Å². The molecule has 0 saturated carbocycles. The zero-order chi connectivity index (χ0) is 17.0. The smallest absolute Gasteiger partial charge is 0.312 e. The first-order valence-corrected chi connectivity index (χ1v) is 8.06. The van der Waals surface area contributed by atoms with E-state index in [4.69, 9.17) is 11.6 Å². The number of nitrogens with one attached hydrogen (secondary N) is 1. The number of hydrogen-bond donors (Lipinski definition) is 1. The molecule has 0 radical (unpaired) electrons. The van der Waals surface area contributed by atoms with Crippen LogP contribution in [0.15, 0.2) is 33.9 Å². The molecular formula is C16H16ClN5O2. The fraction of sp³-hybridized carbons (Fsp3) is 0.312.